The zero-order chi connectivity index (χ0) is 13.2. The third-order valence-electron chi connectivity index (χ3n) is 2.82. The van der Waals surface area contributed by atoms with Gasteiger partial charge in [0.2, 0.25) is 0 Å². The van der Waals surface area contributed by atoms with Crippen LogP contribution in [0, 0.1) is 11.6 Å². The van der Waals surface area contributed by atoms with Crippen molar-refractivity contribution in [3.63, 3.8) is 0 Å². The van der Waals surface area contributed by atoms with Gasteiger partial charge in [0.05, 0.1) is 11.4 Å². The largest absolute Gasteiger partial charge is 0.240 e. The first-order valence-corrected chi connectivity index (χ1v) is 5.80. The van der Waals surface area contributed by atoms with Crippen LogP contribution in [0.3, 0.4) is 0 Å². The SMILES string of the molecule is Fc1ccc(-c2ccn(-c3ccc(F)cc3)n2)cc1. The molecule has 0 fully saturated rings. The van der Waals surface area contributed by atoms with Gasteiger partial charge in [-0.2, -0.15) is 5.10 Å². The minimum atomic E-state index is -0.283. The third kappa shape index (κ3) is 2.38. The minimum absolute atomic E-state index is 0.276. The number of nitrogens with zero attached hydrogens (tertiary/aromatic N) is 2. The van der Waals surface area contributed by atoms with Crippen molar-refractivity contribution in [2.75, 3.05) is 0 Å². The van der Waals surface area contributed by atoms with E-state index in [1.54, 1.807) is 35.1 Å². The number of halogens is 2. The fourth-order valence-electron chi connectivity index (χ4n) is 1.84. The maximum atomic E-state index is 12.8. The lowest BCUT2D eigenvalue weighted by Gasteiger charge is -2.01. The van der Waals surface area contributed by atoms with Crippen molar-refractivity contribution in [2.45, 2.75) is 0 Å². The van der Waals surface area contributed by atoms with Gasteiger partial charge in [0, 0.05) is 11.8 Å². The van der Waals surface area contributed by atoms with E-state index in [9.17, 15) is 8.78 Å². The zero-order valence-corrected chi connectivity index (χ0v) is 9.92. The number of benzene rings is 2. The van der Waals surface area contributed by atoms with Gasteiger partial charge in [-0.05, 0) is 54.6 Å². The molecule has 0 saturated heterocycles. The molecule has 0 atom stereocenters. The predicted octanol–water partition coefficient (Wildman–Crippen LogP) is 3.82. The van der Waals surface area contributed by atoms with Crippen LogP contribution in [0.5, 0.6) is 0 Å². The number of hydrogen-bond acceptors (Lipinski definition) is 1. The molecule has 4 heteroatoms. The summed E-state index contributed by atoms with van der Waals surface area (Å²) in [4.78, 5) is 0. The lowest BCUT2D eigenvalue weighted by Crippen LogP contribution is -1.94. The molecule has 1 aromatic heterocycles. The second kappa shape index (κ2) is 4.65. The average Bonchev–Trinajstić information content (AvgIpc) is 2.90. The molecule has 0 N–H and O–H groups in total. The van der Waals surface area contributed by atoms with E-state index in [1.165, 1.54) is 24.3 Å². The van der Waals surface area contributed by atoms with E-state index < -0.39 is 0 Å². The molecule has 0 aliphatic rings. The smallest absolute Gasteiger partial charge is 0.123 e. The first-order valence-electron chi connectivity index (χ1n) is 5.80. The maximum absolute atomic E-state index is 12.8. The molecule has 1 heterocycles. The summed E-state index contributed by atoms with van der Waals surface area (Å²) in [5.41, 5.74) is 2.35. The molecule has 0 amide bonds. The van der Waals surface area contributed by atoms with Crippen molar-refractivity contribution in [1.29, 1.82) is 0 Å². The molecule has 2 nitrogen and oxygen atoms in total. The third-order valence-corrected chi connectivity index (χ3v) is 2.82. The van der Waals surface area contributed by atoms with E-state index in [2.05, 4.69) is 5.10 Å². The van der Waals surface area contributed by atoms with Crippen LogP contribution in [0.15, 0.2) is 60.8 Å². The Labute approximate surface area is 108 Å². The van der Waals surface area contributed by atoms with E-state index in [0.717, 1.165) is 16.9 Å². The molecule has 3 aromatic rings. The van der Waals surface area contributed by atoms with Gasteiger partial charge >= 0.3 is 0 Å². The second-order valence-electron chi connectivity index (χ2n) is 4.13. The summed E-state index contributed by atoms with van der Waals surface area (Å²) >= 11 is 0. The molecule has 2 aromatic carbocycles. The Morgan fingerprint density at radius 3 is 1.95 bits per heavy atom. The average molecular weight is 256 g/mol. The Kier molecular flexibility index (Phi) is 2.83. The molecule has 0 saturated carbocycles. The highest BCUT2D eigenvalue weighted by atomic mass is 19.1. The van der Waals surface area contributed by atoms with Crippen molar-refractivity contribution in [1.82, 2.24) is 9.78 Å². The molecule has 3 rings (SSSR count). The lowest BCUT2D eigenvalue weighted by molar-refractivity contribution is 0.627. The van der Waals surface area contributed by atoms with E-state index in [-0.39, 0.29) is 11.6 Å². The van der Waals surface area contributed by atoms with Crippen LogP contribution < -0.4 is 0 Å². The van der Waals surface area contributed by atoms with Gasteiger partial charge in [-0.25, -0.2) is 13.5 Å². The summed E-state index contributed by atoms with van der Waals surface area (Å²) in [6.07, 6.45) is 1.78. The Hall–Kier alpha value is -2.49. The molecule has 0 unspecified atom stereocenters. The molecule has 0 bridgehead atoms. The highest BCUT2D eigenvalue weighted by Gasteiger charge is 2.04. The molecular weight excluding hydrogens is 246 g/mol. The fourth-order valence-corrected chi connectivity index (χ4v) is 1.84. The van der Waals surface area contributed by atoms with Crippen LogP contribution in [0.2, 0.25) is 0 Å². The molecule has 0 radical (unpaired) electrons. The van der Waals surface area contributed by atoms with Crippen LogP contribution >= 0.6 is 0 Å². The van der Waals surface area contributed by atoms with Crippen LogP contribution in [0.4, 0.5) is 8.78 Å². The lowest BCUT2D eigenvalue weighted by atomic mass is 10.1. The van der Waals surface area contributed by atoms with Gasteiger partial charge in [-0.3, -0.25) is 0 Å². The Bertz CT molecular complexity index is 625. The summed E-state index contributed by atoms with van der Waals surface area (Å²) in [5.74, 6) is -0.559. The summed E-state index contributed by atoms with van der Waals surface area (Å²) in [5, 5.41) is 4.38. The fraction of sp³-hybridized carbons (Fsp3) is 0. The van der Waals surface area contributed by atoms with Gasteiger partial charge in [-0.15, -0.1) is 0 Å². The molecule has 94 valence electrons. The van der Waals surface area contributed by atoms with Gasteiger partial charge in [-0.1, -0.05) is 0 Å². The molecule has 0 aliphatic heterocycles. The number of rotatable bonds is 2. The topological polar surface area (TPSA) is 17.8 Å². The van der Waals surface area contributed by atoms with Crippen LogP contribution in [0.25, 0.3) is 16.9 Å². The monoisotopic (exact) mass is 256 g/mol. The van der Waals surface area contributed by atoms with Crippen LogP contribution in [0.1, 0.15) is 0 Å². The Morgan fingerprint density at radius 2 is 1.32 bits per heavy atom. The quantitative estimate of drug-likeness (QED) is 0.681. The van der Waals surface area contributed by atoms with E-state index in [1.807, 2.05) is 6.07 Å². The highest BCUT2D eigenvalue weighted by Crippen LogP contribution is 2.19. The molecule has 19 heavy (non-hydrogen) atoms. The zero-order valence-electron chi connectivity index (χ0n) is 9.92. The molecular formula is C15H10F2N2. The predicted molar refractivity (Wildman–Crippen MR) is 68.9 cm³/mol. The Morgan fingerprint density at radius 1 is 0.737 bits per heavy atom. The van der Waals surface area contributed by atoms with Gasteiger partial charge < -0.3 is 0 Å². The van der Waals surface area contributed by atoms with E-state index >= 15 is 0 Å². The number of hydrogen-bond donors (Lipinski definition) is 0. The molecule has 0 aliphatic carbocycles. The van der Waals surface area contributed by atoms with Crippen LogP contribution in [-0.4, -0.2) is 9.78 Å². The molecule has 0 spiro atoms. The number of aromatic nitrogens is 2. The van der Waals surface area contributed by atoms with Crippen molar-refractivity contribution < 1.29 is 8.78 Å². The normalized spacial score (nSPS) is 10.6. The summed E-state index contributed by atoms with van der Waals surface area (Å²) in [6, 6.07) is 14.0. The summed E-state index contributed by atoms with van der Waals surface area (Å²) in [7, 11) is 0. The van der Waals surface area contributed by atoms with Crippen molar-refractivity contribution in [2.24, 2.45) is 0 Å². The first-order chi connectivity index (χ1) is 9.22. The first kappa shape index (κ1) is 11.6. The minimum Gasteiger partial charge on any atom is -0.240 e. The van der Waals surface area contributed by atoms with Crippen molar-refractivity contribution in [3.8, 4) is 16.9 Å². The summed E-state index contributed by atoms with van der Waals surface area (Å²) in [6.45, 7) is 0. The maximum Gasteiger partial charge on any atom is 0.123 e. The van der Waals surface area contributed by atoms with E-state index in [4.69, 9.17) is 0 Å². The van der Waals surface area contributed by atoms with Crippen molar-refractivity contribution in [3.05, 3.63) is 72.4 Å². The van der Waals surface area contributed by atoms with Crippen LogP contribution in [-0.2, 0) is 0 Å². The van der Waals surface area contributed by atoms with Crippen molar-refractivity contribution >= 4 is 0 Å². The standard InChI is InChI=1S/C15H10F2N2/c16-12-3-1-11(2-4-12)15-9-10-19(18-15)14-7-5-13(17)6-8-14/h1-10H. The summed E-state index contributed by atoms with van der Waals surface area (Å²) < 4.78 is 27.3. The Balaban J connectivity index is 1.95. The van der Waals surface area contributed by atoms with Gasteiger partial charge in [0.1, 0.15) is 11.6 Å². The van der Waals surface area contributed by atoms with E-state index in [0.29, 0.717) is 0 Å². The second-order valence-corrected chi connectivity index (χ2v) is 4.13. The highest BCUT2D eigenvalue weighted by molar-refractivity contribution is 5.58. The van der Waals surface area contributed by atoms with Gasteiger partial charge in [0.25, 0.3) is 0 Å². The van der Waals surface area contributed by atoms with Gasteiger partial charge in [0.15, 0.2) is 0 Å².